The summed E-state index contributed by atoms with van der Waals surface area (Å²) >= 11 is 0. The van der Waals surface area contributed by atoms with Crippen molar-refractivity contribution in [2.75, 3.05) is 0 Å². The van der Waals surface area contributed by atoms with Crippen LogP contribution >= 0.6 is 0 Å². The highest BCUT2D eigenvalue weighted by Crippen LogP contribution is 2.45. The number of unbranched alkanes of at least 4 members (excludes halogenated alkanes) is 2. The minimum atomic E-state index is -1.65. The molecule has 0 unspecified atom stereocenters. The zero-order valence-electron chi connectivity index (χ0n) is 17.6. The average Bonchev–Trinajstić information content (AvgIpc) is 2.45. The third-order valence-corrected chi connectivity index (χ3v) is 10.4. The van der Waals surface area contributed by atoms with Gasteiger partial charge >= 0.3 is 5.97 Å². The summed E-state index contributed by atoms with van der Waals surface area (Å²) in [4.78, 5) is 13.3. The van der Waals surface area contributed by atoms with Crippen LogP contribution < -0.4 is 0 Å². The van der Waals surface area contributed by atoms with Gasteiger partial charge in [-0.15, -0.1) is 0 Å². The first-order chi connectivity index (χ1) is 11.0. The van der Waals surface area contributed by atoms with E-state index in [4.69, 9.17) is 4.74 Å². The summed E-state index contributed by atoms with van der Waals surface area (Å²) in [5.74, 6) is 1.90. The Balaban J connectivity index is 2.89. The van der Waals surface area contributed by atoms with E-state index in [2.05, 4.69) is 54.3 Å². The molecule has 0 spiro atoms. The Morgan fingerprint density at radius 1 is 1.21 bits per heavy atom. The van der Waals surface area contributed by atoms with E-state index in [1.807, 2.05) is 0 Å². The predicted octanol–water partition coefficient (Wildman–Crippen LogP) is 6.67. The lowest BCUT2D eigenvalue weighted by Gasteiger charge is -2.42. The minimum Gasteiger partial charge on any atom is -0.462 e. The van der Waals surface area contributed by atoms with Gasteiger partial charge < -0.3 is 4.74 Å². The fourth-order valence-electron chi connectivity index (χ4n) is 4.03. The molecule has 142 valence electrons. The third kappa shape index (κ3) is 5.34. The Hall–Kier alpha value is -0.313. The van der Waals surface area contributed by atoms with Gasteiger partial charge in [0.25, 0.3) is 0 Å². The van der Waals surface area contributed by atoms with E-state index in [0.29, 0.717) is 17.8 Å². The van der Waals surface area contributed by atoms with E-state index < -0.39 is 8.07 Å². The van der Waals surface area contributed by atoms with Crippen molar-refractivity contribution in [3.05, 3.63) is 0 Å². The van der Waals surface area contributed by atoms with Gasteiger partial charge in [-0.05, 0) is 37.0 Å². The van der Waals surface area contributed by atoms with Crippen molar-refractivity contribution in [3.8, 4) is 0 Å². The van der Waals surface area contributed by atoms with Crippen molar-refractivity contribution in [2.24, 2.45) is 17.8 Å². The molecule has 0 saturated heterocycles. The normalized spacial score (nSPS) is 27.8. The summed E-state index contributed by atoms with van der Waals surface area (Å²) in [5.41, 5.74) is 0. The van der Waals surface area contributed by atoms with Crippen LogP contribution in [0.25, 0.3) is 0 Å². The van der Waals surface area contributed by atoms with Crippen LogP contribution in [0.3, 0.4) is 0 Å². The Labute approximate surface area is 152 Å². The van der Waals surface area contributed by atoms with Crippen molar-refractivity contribution in [3.63, 3.8) is 0 Å². The number of hydrogen-bond acceptors (Lipinski definition) is 2. The molecular weight excluding hydrogens is 312 g/mol. The largest absolute Gasteiger partial charge is 0.462 e. The highest BCUT2D eigenvalue weighted by molar-refractivity contribution is 6.82. The first-order valence-corrected chi connectivity index (χ1v) is 13.7. The molecule has 0 heterocycles. The van der Waals surface area contributed by atoms with E-state index in [1.165, 1.54) is 25.7 Å². The summed E-state index contributed by atoms with van der Waals surface area (Å²) in [6.45, 7) is 18.2. The second-order valence-corrected chi connectivity index (χ2v) is 15.4. The molecule has 1 aliphatic carbocycles. The second-order valence-electron chi connectivity index (χ2n) is 9.81. The van der Waals surface area contributed by atoms with E-state index in [0.717, 1.165) is 19.3 Å². The molecule has 0 aromatic carbocycles. The molecular formula is C21H42O2Si. The lowest BCUT2D eigenvalue weighted by molar-refractivity contribution is -0.159. The van der Waals surface area contributed by atoms with Crippen LogP contribution in [0.2, 0.25) is 24.7 Å². The smallest absolute Gasteiger partial charge is 0.309 e. The zero-order chi connectivity index (χ0) is 18.5. The number of rotatable bonds is 8. The lowest BCUT2D eigenvalue weighted by Crippen LogP contribution is -2.47. The molecule has 1 rings (SSSR count). The average molecular weight is 355 g/mol. The molecule has 24 heavy (non-hydrogen) atoms. The van der Waals surface area contributed by atoms with Crippen LogP contribution in [0.1, 0.15) is 79.6 Å². The van der Waals surface area contributed by atoms with Gasteiger partial charge in [0.1, 0.15) is 6.10 Å². The number of carbonyl (C=O) groups is 1. The molecule has 2 nitrogen and oxygen atoms in total. The van der Waals surface area contributed by atoms with Gasteiger partial charge in [-0.3, -0.25) is 4.79 Å². The van der Waals surface area contributed by atoms with Gasteiger partial charge in [0.05, 0.1) is 13.1 Å². The van der Waals surface area contributed by atoms with Crippen molar-refractivity contribution in [1.82, 2.24) is 0 Å². The van der Waals surface area contributed by atoms with Crippen LogP contribution in [0, 0.1) is 17.8 Å². The van der Waals surface area contributed by atoms with Gasteiger partial charge in [-0.1, -0.05) is 79.9 Å². The first kappa shape index (κ1) is 21.7. The summed E-state index contributed by atoms with van der Waals surface area (Å²) < 4.78 is 6.25. The summed E-state index contributed by atoms with van der Waals surface area (Å²) in [6, 6.07) is 0. The summed E-state index contributed by atoms with van der Waals surface area (Å²) in [5, 5.41) is -0.260. The topological polar surface area (TPSA) is 26.3 Å². The molecule has 0 N–H and O–H groups in total. The number of carbonyl (C=O) groups excluding carboxylic acids is 1. The van der Waals surface area contributed by atoms with Crippen molar-refractivity contribution in [1.29, 1.82) is 0 Å². The van der Waals surface area contributed by atoms with Gasteiger partial charge in [0, 0.05) is 0 Å². The summed E-state index contributed by atoms with van der Waals surface area (Å²) in [7, 11) is -1.65. The number of ether oxygens (including phenoxy) is 1. The Bertz CT molecular complexity index is 399. The van der Waals surface area contributed by atoms with Crippen LogP contribution in [-0.2, 0) is 9.53 Å². The van der Waals surface area contributed by atoms with E-state index in [-0.39, 0.29) is 17.1 Å². The molecule has 3 heteroatoms. The minimum absolute atomic E-state index is 0.0996. The SMILES string of the molecule is CCCCC[C@@](C)(C(=O)O[C@@H]1C[C@H](C)CC[C@H]1C(C)C)[Si](C)(C)C. The van der Waals surface area contributed by atoms with E-state index in [1.54, 1.807) is 0 Å². The fraction of sp³-hybridized carbons (Fsp3) is 0.952. The van der Waals surface area contributed by atoms with Crippen molar-refractivity contribution in [2.45, 2.75) is 110 Å². The highest BCUT2D eigenvalue weighted by atomic mass is 28.3. The first-order valence-electron chi connectivity index (χ1n) is 10.2. The molecule has 1 saturated carbocycles. The molecule has 0 aliphatic heterocycles. The molecule has 1 aliphatic rings. The van der Waals surface area contributed by atoms with Crippen LogP contribution in [0.5, 0.6) is 0 Å². The molecule has 4 atom stereocenters. The van der Waals surface area contributed by atoms with E-state index in [9.17, 15) is 4.79 Å². The Morgan fingerprint density at radius 2 is 1.83 bits per heavy atom. The van der Waals surface area contributed by atoms with E-state index >= 15 is 0 Å². The fourth-order valence-corrected chi connectivity index (χ4v) is 5.63. The molecule has 0 amide bonds. The van der Waals surface area contributed by atoms with Crippen LogP contribution in [0.15, 0.2) is 0 Å². The number of hydrogen-bond donors (Lipinski definition) is 0. The summed E-state index contributed by atoms with van der Waals surface area (Å²) in [6.07, 6.45) is 8.20. The maximum atomic E-state index is 13.3. The quantitative estimate of drug-likeness (QED) is 0.276. The van der Waals surface area contributed by atoms with Crippen molar-refractivity contribution < 1.29 is 9.53 Å². The Morgan fingerprint density at radius 3 is 2.33 bits per heavy atom. The van der Waals surface area contributed by atoms with Crippen molar-refractivity contribution >= 4 is 14.0 Å². The molecule has 1 fully saturated rings. The lowest BCUT2D eigenvalue weighted by atomic mass is 9.75. The standard InChI is InChI=1S/C21H42O2Si/c1-9-10-11-14-21(5,24(6,7)8)20(22)23-19-15-17(4)12-13-18(19)16(2)3/h16-19H,9-15H2,1-8H3/t17-,18+,19-,21+/m1/s1. The van der Waals surface area contributed by atoms with Gasteiger partial charge in [0.2, 0.25) is 0 Å². The van der Waals surface area contributed by atoms with Gasteiger partial charge in [-0.2, -0.15) is 0 Å². The maximum absolute atomic E-state index is 13.3. The van der Waals surface area contributed by atoms with Crippen LogP contribution in [-0.4, -0.2) is 20.1 Å². The molecule has 0 aromatic heterocycles. The van der Waals surface area contributed by atoms with Gasteiger partial charge in [-0.25, -0.2) is 0 Å². The molecule has 0 radical (unpaired) electrons. The second kappa shape index (κ2) is 8.87. The monoisotopic (exact) mass is 354 g/mol. The zero-order valence-corrected chi connectivity index (χ0v) is 18.6. The Kier molecular flexibility index (Phi) is 8.03. The van der Waals surface area contributed by atoms with Crippen LogP contribution in [0.4, 0.5) is 0 Å². The molecule has 0 aromatic rings. The van der Waals surface area contributed by atoms with Gasteiger partial charge in [0.15, 0.2) is 0 Å². The predicted molar refractivity (Wildman–Crippen MR) is 107 cm³/mol. The third-order valence-electron chi connectivity index (χ3n) is 6.61. The maximum Gasteiger partial charge on any atom is 0.309 e. The highest BCUT2D eigenvalue weighted by Gasteiger charge is 2.47. The molecule has 0 bridgehead atoms. The number of esters is 1.